The van der Waals surface area contributed by atoms with Gasteiger partial charge in [-0.1, -0.05) is 12.1 Å². The molecule has 0 aliphatic heterocycles. The van der Waals surface area contributed by atoms with E-state index in [9.17, 15) is 22.8 Å². The smallest absolute Gasteiger partial charge is 0.418 e. The van der Waals surface area contributed by atoms with Crippen LogP contribution < -0.4 is 14.8 Å². The molecule has 2 rings (SSSR count). The molecule has 0 fully saturated rings. The number of ether oxygens (including phenoxy) is 2. The Morgan fingerprint density at radius 1 is 1.07 bits per heavy atom. The van der Waals surface area contributed by atoms with Gasteiger partial charge in [-0.05, 0) is 31.2 Å². The molecule has 0 aromatic heterocycles. The third kappa shape index (κ3) is 5.40. The fourth-order valence-electron chi connectivity index (χ4n) is 2.68. The quantitative estimate of drug-likeness (QED) is 0.754. The minimum atomic E-state index is -4.61. The molecule has 0 bridgehead atoms. The largest absolute Gasteiger partial charge is 0.497 e. The van der Waals surface area contributed by atoms with Gasteiger partial charge in [0.2, 0.25) is 5.91 Å². The number of anilines is 1. The van der Waals surface area contributed by atoms with E-state index in [1.165, 1.54) is 43.4 Å². The van der Waals surface area contributed by atoms with E-state index < -0.39 is 30.1 Å². The monoisotopic (exact) mass is 410 g/mol. The van der Waals surface area contributed by atoms with Gasteiger partial charge in [-0.15, -0.1) is 0 Å². The second-order valence-electron chi connectivity index (χ2n) is 5.98. The zero-order valence-electron chi connectivity index (χ0n) is 16.2. The first-order valence-electron chi connectivity index (χ1n) is 8.68. The highest BCUT2D eigenvalue weighted by Gasteiger charge is 2.33. The maximum atomic E-state index is 13.1. The molecule has 2 aromatic carbocycles. The first kappa shape index (κ1) is 22.1. The number of carbonyl (C=O) groups is 2. The lowest BCUT2D eigenvalue weighted by atomic mass is 10.1. The molecule has 2 amide bonds. The van der Waals surface area contributed by atoms with Crippen molar-refractivity contribution in [2.24, 2.45) is 0 Å². The molecule has 0 aliphatic carbocycles. The van der Waals surface area contributed by atoms with Gasteiger partial charge in [0.05, 0.1) is 31.0 Å². The van der Waals surface area contributed by atoms with Crippen LogP contribution in [-0.4, -0.2) is 44.0 Å². The Kier molecular flexibility index (Phi) is 7.08. The summed E-state index contributed by atoms with van der Waals surface area (Å²) >= 11 is 0. The second kappa shape index (κ2) is 9.31. The zero-order valence-corrected chi connectivity index (χ0v) is 16.2. The highest BCUT2D eigenvalue weighted by Crippen LogP contribution is 2.34. The van der Waals surface area contributed by atoms with Crippen LogP contribution in [0.2, 0.25) is 0 Å². The highest BCUT2D eigenvalue weighted by molar-refractivity contribution is 6.01. The van der Waals surface area contributed by atoms with Crippen molar-refractivity contribution in [1.82, 2.24) is 4.90 Å². The number of rotatable bonds is 7. The van der Waals surface area contributed by atoms with Crippen LogP contribution in [0.5, 0.6) is 11.5 Å². The third-order valence-corrected chi connectivity index (χ3v) is 4.15. The molecule has 9 heteroatoms. The van der Waals surface area contributed by atoms with Crippen molar-refractivity contribution < 1.29 is 32.2 Å². The molecule has 0 heterocycles. The summed E-state index contributed by atoms with van der Waals surface area (Å²) in [6.07, 6.45) is -4.61. The van der Waals surface area contributed by atoms with E-state index in [2.05, 4.69) is 5.32 Å². The maximum Gasteiger partial charge on any atom is 0.418 e. The van der Waals surface area contributed by atoms with Crippen LogP contribution in [0.4, 0.5) is 18.9 Å². The number of likely N-dealkylation sites (N-methyl/N-ethyl adjacent to an activating group) is 1. The van der Waals surface area contributed by atoms with Crippen molar-refractivity contribution in [1.29, 1.82) is 0 Å². The molecular formula is C20H21F3N2O4. The second-order valence-corrected chi connectivity index (χ2v) is 5.98. The molecular weight excluding hydrogens is 389 g/mol. The van der Waals surface area contributed by atoms with Crippen molar-refractivity contribution in [3.05, 3.63) is 53.6 Å². The Bertz CT molecular complexity index is 884. The van der Waals surface area contributed by atoms with Crippen LogP contribution in [0.1, 0.15) is 22.8 Å². The standard InChI is InChI=1S/C20H21F3N2O4/c1-4-25(19(27)14-10-9-13(28-2)11-17(14)29-3)12-18(26)24-16-8-6-5-7-15(16)20(21,22)23/h5-11H,4,12H2,1-3H3,(H,24,26). The van der Waals surface area contributed by atoms with E-state index in [-0.39, 0.29) is 23.5 Å². The summed E-state index contributed by atoms with van der Waals surface area (Å²) in [5.41, 5.74) is -1.12. The number of nitrogens with zero attached hydrogens (tertiary/aromatic N) is 1. The minimum Gasteiger partial charge on any atom is -0.497 e. The number of halogens is 3. The SMILES string of the molecule is CCN(CC(=O)Nc1ccccc1C(F)(F)F)C(=O)c1ccc(OC)cc1OC. The number of alkyl halides is 3. The lowest BCUT2D eigenvalue weighted by Crippen LogP contribution is -2.38. The molecule has 1 N–H and O–H groups in total. The normalized spacial score (nSPS) is 11.0. The topological polar surface area (TPSA) is 67.9 Å². The van der Waals surface area contributed by atoms with E-state index in [1.807, 2.05) is 0 Å². The Labute approximate surface area is 166 Å². The number of hydrogen-bond acceptors (Lipinski definition) is 4. The zero-order chi connectivity index (χ0) is 21.6. The van der Waals surface area contributed by atoms with E-state index in [4.69, 9.17) is 9.47 Å². The number of carbonyl (C=O) groups excluding carboxylic acids is 2. The number of nitrogens with one attached hydrogen (secondary N) is 1. The van der Waals surface area contributed by atoms with Crippen LogP contribution in [0.3, 0.4) is 0 Å². The van der Waals surface area contributed by atoms with E-state index >= 15 is 0 Å². The molecule has 0 spiro atoms. The number of benzene rings is 2. The van der Waals surface area contributed by atoms with Gasteiger partial charge >= 0.3 is 6.18 Å². The average Bonchev–Trinajstić information content (AvgIpc) is 2.70. The molecule has 0 atom stereocenters. The van der Waals surface area contributed by atoms with Crippen LogP contribution >= 0.6 is 0 Å². The number of amides is 2. The average molecular weight is 410 g/mol. The van der Waals surface area contributed by atoms with Crippen molar-refractivity contribution in [2.75, 3.05) is 32.6 Å². The van der Waals surface area contributed by atoms with Crippen LogP contribution in [0.25, 0.3) is 0 Å². The van der Waals surface area contributed by atoms with Crippen LogP contribution in [0, 0.1) is 0 Å². The predicted molar refractivity (Wildman–Crippen MR) is 101 cm³/mol. The Balaban J connectivity index is 2.18. The van der Waals surface area contributed by atoms with E-state index in [0.29, 0.717) is 5.75 Å². The molecule has 0 saturated carbocycles. The first-order valence-corrected chi connectivity index (χ1v) is 8.68. The molecule has 0 saturated heterocycles. The Hall–Kier alpha value is -3.23. The molecule has 29 heavy (non-hydrogen) atoms. The summed E-state index contributed by atoms with van der Waals surface area (Å²) in [5, 5.41) is 2.23. The van der Waals surface area contributed by atoms with Crippen molar-refractivity contribution in [3.8, 4) is 11.5 Å². The summed E-state index contributed by atoms with van der Waals surface area (Å²) < 4.78 is 49.5. The summed E-state index contributed by atoms with van der Waals surface area (Å²) in [4.78, 5) is 26.3. The molecule has 156 valence electrons. The van der Waals surface area contributed by atoms with Gasteiger partial charge < -0.3 is 19.7 Å². The highest BCUT2D eigenvalue weighted by atomic mass is 19.4. The molecule has 0 unspecified atom stereocenters. The van der Waals surface area contributed by atoms with E-state index in [1.54, 1.807) is 13.0 Å². The minimum absolute atomic E-state index is 0.169. The van der Waals surface area contributed by atoms with Crippen LogP contribution in [-0.2, 0) is 11.0 Å². The molecule has 0 radical (unpaired) electrons. The van der Waals surface area contributed by atoms with Gasteiger partial charge in [0.25, 0.3) is 5.91 Å². The van der Waals surface area contributed by atoms with Gasteiger partial charge in [0.1, 0.15) is 18.0 Å². The number of hydrogen-bond donors (Lipinski definition) is 1. The number of methoxy groups -OCH3 is 2. The van der Waals surface area contributed by atoms with Gasteiger partial charge in [-0.3, -0.25) is 9.59 Å². The number of para-hydroxylation sites is 1. The van der Waals surface area contributed by atoms with Crippen molar-refractivity contribution >= 4 is 17.5 Å². The van der Waals surface area contributed by atoms with Crippen LogP contribution in [0.15, 0.2) is 42.5 Å². The maximum absolute atomic E-state index is 13.1. The van der Waals surface area contributed by atoms with Gasteiger partial charge in [0, 0.05) is 12.6 Å². The third-order valence-electron chi connectivity index (χ3n) is 4.15. The Morgan fingerprint density at radius 2 is 1.76 bits per heavy atom. The van der Waals surface area contributed by atoms with Gasteiger partial charge in [-0.2, -0.15) is 13.2 Å². The van der Waals surface area contributed by atoms with Gasteiger partial charge in [-0.25, -0.2) is 0 Å². The summed E-state index contributed by atoms with van der Waals surface area (Å²) in [5.74, 6) is -0.491. The molecule has 6 nitrogen and oxygen atoms in total. The van der Waals surface area contributed by atoms with Gasteiger partial charge in [0.15, 0.2) is 0 Å². The van der Waals surface area contributed by atoms with Crippen molar-refractivity contribution in [2.45, 2.75) is 13.1 Å². The fourth-order valence-corrected chi connectivity index (χ4v) is 2.68. The summed E-state index contributed by atoms with van der Waals surface area (Å²) in [6, 6.07) is 9.25. The molecule has 2 aromatic rings. The summed E-state index contributed by atoms with van der Waals surface area (Å²) in [7, 11) is 2.86. The lowest BCUT2D eigenvalue weighted by molar-refractivity contribution is -0.137. The molecule has 0 aliphatic rings. The fraction of sp³-hybridized carbons (Fsp3) is 0.300. The summed E-state index contributed by atoms with van der Waals surface area (Å²) in [6.45, 7) is 1.41. The predicted octanol–water partition coefficient (Wildman–Crippen LogP) is 3.82. The van der Waals surface area contributed by atoms with Crippen molar-refractivity contribution in [3.63, 3.8) is 0 Å². The lowest BCUT2D eigenvalue weighted by Gasteiger charge is -2.22. The Morgan fingerprint density at radius 3 is 2.34 bits per heavy atom. The first-order chi connectivity index (χ1) is 13.7. The van der Waals surface area contributed by atoms with E-state index in [0.717, 1.165) is 12.1 Å².